The van der Waals surface area contributed by atoms with E-state index in [1.165, 1.54) is 12.1 Å². The predicted molar refractivity (Wildman–Crippen MR) is 168 cm³/mol. The molecule has 1 unspecified atom stereocenters. The van der Waals surface area contributed by atoms with Gasteiger partial charge in [-0.2, -0.15) is 0 Å². The summed E-state index contributed by atoms with van der Waals surface area (Å²) < 4.78 is 27.8. The Morgan fingerprint density at radius 1 is 0.907 bits per heavy atom. The highest BCUT2D eigenvalue weighted by atomic mass is 79.9. The molecule has 1 fully saturated rings. The molecule has 1 aliphatic heterocycles. The van der Waals surface area contributed by atoms with Crippen LogP contribution in [0.2, 0.25) is 0 Å². The van der Waals surface area contributed by atoms with Crippen LogP contribution >= 0.6 is 15.9 Å². The van der Waals surface area contributed by atoms with Gasteiger partial charge < -0.3 is 10.2 Å². The number of sulfonamides is 1. The van der Waals surface area contributed by atoms with Gasteiger partial charge >= 0.3 is 0 Å². The largest absolute Gasteiger partial charge is 0.352 e. The Kier molecular flexibility index (Phi) is 9.97. The Labute approximate surface area is 261 Å². The number of nitrogens with zero attached hydrogens (tertiary/aromatic N) is 2. The Bertz CT molecular complexity index is 1560. The van der Waals surface area contributed by atoms with Gasteiger partial charge in [0.15, 0.2) is 0 Å². The number of nitrogens with one attached hydrogen (secondary N) is 1. The van der Waals surface area contributed by atoms with Crippen molar-refractivity contribution in [2.75, 3.05) is 6.54 Å². The van der Waals surface area contributed by atoms with Crippen LogP contribution in [0.5, 0.6) is 0 Å². The number of carbonyl (C=O) groups is 3. The summed E-state index contributed by atoms with van der Waals surface area (Å²) in [4.78, 5) is 42.3. The molecule has 5 rings (SSSR count). The molecule has 3 aromatic rings. The van der Waals surface area contributed by atoms with Crippen molar-refractivity contribution in [2.45, 2.75) is 74.9 Å². The molecule has 43 heavy (non-hydrogen) atoms. The maximum absolute atomic E-state index is 14.0. The number of carbonyl (C=O) groups excluding carboxylic acids is 3. The summed E-state index contributed by atoms with van der Waals surface area (Å²) >= 11 is 3.46. The summed E-state index contributed by atoms with van der Waals surface area (Å²) in [5.41, 5.74) is 1.95. The maximum atomic E-state index is 14.0. The van der Waals surface area contributed by atoms with E-state index in [2.05, 4.69) is 21.2 Å². The number of halogens is 1. The number of rotatable bonds is 11. The van der Waals surface area contributed by atoms with Crippen LogP contribution in [0.1, 0.15) is 66.4 Å². The lowest BCUT2D eigenvalue weighted by Crippen LogP contribution is -2.52. The number of fused-ring (bicyclic) bond motifs is 1. The lowest BCUT2D eigenvalue weighted by molar-refractivity contribution is -0.141. The van der Waals surface area contributed by atoms with E-state index in [4.69, 9.17) is 0 Å². The van der Waals surface area contributed by atoms with E-state index in [-0.39, 0.29) is 54.2 Å². The zero-order valence-electron chi connectivity index (χ0n) is 24.0. The Hall–Kier alpha value is -3.50. The third kappa shape index (κ3) is 7.36. The number of hydrogen-bond acceptors (Lipinski definition) is 5. The van der Waals surface area contributed by atoms with E-state index in [1.54, 1.807) is 17.0 Å². The molecule has 0 saturated heterocycles. The van der Waals surface area contributed by atoms with Crippen molar-refractivity contribution in [1.29, 1.82) is 0 Å². The van der Waals surface area contributed by atoms with Crippen molar-refractivity contribution in [3.8, 4) is 0 Å². The summed E-state index contributed by atoms with van der Waals surface area (Å²) in [5.74, 6) is -1.04. The highest BCUT2D eigenvalue weighted by molar-refractivity contribution is 9.10. The fraction of sp³-hybridized carbons (Fsp3) is 0.364. The van der Waals surface area contributed by atoms with E-state index in [1.807, 2.05) is 54.6 Å². The predicted octanol–water partition coefficient (Wildman–Crippen LogP) is 5.46. The molecule has 0 bridgehead atoms. The van der Waals surface area contributed by atoms with Crippen LogP contribution in [0.3, 0.4) is 0 Å². The fourth-order valence-electron chi connectivity index (χ4n) is 5.85. The highest BCUT2D eigenvalue weighted by Gasteiger charge is 2.40. The Morgan fingerprint density at radius 3 is 2.28 bits per heavy atom. The standard InChI is InChI=1S/C33H36BrN3O5S/c34-26-19-17-25(18-20-26)23-36(29(22-24-10-3-1-4-11-24)32(39)35-27-12-5-2-6-13-27)31(38)16-9-21-37-33(40)28-14-7-8-15-30(28)43(37,41)42/h1,3-4,7-8,10-11,14-15,17-20,27,29H,2,5-6,9,12-13,16,21-23H2,(H,35,39). The smallest absolute Gasteiger partial charge is 0.269 e. The molecule has 0 spiro atoms. The second-order valence-corrected chi connectivity index (χ2v) is 13.9. The van der Waals surface area contributed by atoms with E-state index < -0.39 is 22.0 Å². The lowest BCUT2D eigenvalue weighted by Gasteiger charge is -2.33. The van der Waals surface area contributed by atoms with Gasteiger partial charge in [0.1, 0.15) is 10.9 Å². The molecule has 8 nitrogen and oxygen atoms in total. The second-order valence-electron chi connectivity index (χ2n) is 11.2. The number of hydrogen-bond donors (Lipinski definition) is 1. The lowest BCUT2D eigenvalue weighted by atomic mass is 9.94. The van der Waals surface area contributed by atoms with Crippen LogP contribution in [0.15, 0.2) is 88.2 Å². The quantitative estimate of drug-likeness (QED) is 0.293. The van der Waals surface area contributed by atoms with Gasteiger partial charge in [0, 0.05) is 36.4 Å². The van der Waals surface area contributed by atoms with Crippen LogP contribution in [0.4, 0.5) is 0 Å². The van der Waals surface area contributed by atoms with Gasteiger partial charge in [-0.1, -0.05) is 89.8 Å². The van der Waals surface area contributed by atoms with Crippen LogP contribution in [0, 0.1) is 0 Å². The second kappa shape index (κ2) is 13.9. The van der Waals surface area contributed by atoms with E-state index in [0.29, 0.717) is 6.42 Å². The minimum atomic E-state index is -3.96. The van der Waals surface area contributed by atoms with E-state index in [0.717, 1.165) is 52.0 Å². The van der Waals surface area contributed by atoms with Crippen LogP contribution in [0.25, 0.3) is 0 Å². The van der Waals surface area contributed by atoms with Gasteiger partial charge in [0.2, 0.25) is 11.8 Å². The number of benzene rings is 3. The zero-order chi connectivity index (χ0) is 30.4. The monoisotopic (exact) mass is 665 g/mol. The van der Waals surface area contributed by atoms with Gasteiger partial charge in [-0.15, -0.1) is 0 Å². The molecule has 1 N–H and O–H groups in total. The molecule has 1 heterocycles. The minimum Gasteiger partial charge on any atom is -0.352 e. The van der Waals surface area contributed by atoms with Crippen molar-refractivity contribution >= 4 is 43.7 Å². The highest BCUT2D eigenvalue weighted by Crippen LogP contribution is 2.30. The average Bonchev–Trinajstić information content (AvgIpc) is 3.21. The Morgan fingerprint density at radius 2 is 1.58 bits per heavy atom. The summed E-state index contributed by atoms with van der Waals surface area (Å²) in [5, 5.41) is 3.22. The fourth-order valence-corrected chi connectivity index (χ4v) is 7.73. The average molecular weight is 667 g/mol. The molecule has 1 aliphatic carbocycles. The van der Waals surface area contributed by atoms with Gasteiger partial charge in [0.25, 0.3) is 15.9 Å². The van der Waals surface area contributed by atoms with Crippen LogP contribution < -0.4 is 5.32 Å². The molecule has 2 aliphatic rings. The van der Waals surface area contributed by atoms with Crippen molar-refractivity contribution < 1.29 is 22.8 Å². The first-order valence-electron chi connectivity index (χ1n) is 14.8. The van der Waals surface area contributed by atoms with Crippen molar-refractivity contribution in [3.05, 3.63) is 100 Å². The van der Waals surface area contributed by atoms with Crippen molar-refractivity contribution in [3.63, 3.8) is 0 Å². The molecule has 3 amide bonds. The molecular formula is C33H36BrN3O5S. The molecular weight excluding hydrogens is 630 g/mol. The molecule has 10 heteroatoms. The number of amides is 3. The summed E-state index contributed by atoms with van der Waals surface area (Å²) in [6, 6.07) is 22.7. The Balaban J connectivity index is 1.37. The first-order valence-corrected chi connectivity index (χ1v) is 17.0. The van der Waals surface area contributed by atoms with Crippen LogP contribution in [-0.4, -0.2) is 54.0 Å². The van der Waals surface area contributed by atoms with Gasteiger partial charge in [-0.3, -0.25) is 14.4 Å². The molecule has 1 atom stereocenters. The van der Waals surface area contributed by atoms with E-state index in [9.17, 15) is 22.8 Å². The van der Waals surface area contributed by atoms with E-state index >= 15 is 0 Å². The summed E-state index contributed by atoms with van der Waals surface area (Å²) in [6.45, 7) is 0.0966. The molecule has 1 saturated carbocycles. The van der Waals surface area contributed by atoms with Crippen molar-refractivity contribution in [2.24, 2.45) is 0 Å². The molecule has 0 aromatic heterocycles. The third-order valence-corrected chi connectivity index (χ3v) is 10.5. The minimum absolute atomic E-state index is 0.00880. The first kappa shape index (κ1) is 30.9. The van der Waals surface area contributed by atoms with Crippen LogP contribution in [-0.2, 0) is 32.6 Å². The summed E-state index contributed by atoms with van der Waals surface area (Å²) in [7, 11) is -3.96. The molecule has 0 radical (unpaired) electrons. The molecule has 226 valence electrons. The van der Waals surface area contributed by atoms with Crippen molar-refractivity contribution in [1.82, 2.24) is 14.5 Å². The van der Waals surface area contributed by atoms with Gasteiger partial charge in [0.05, 0.1) is 5.56 Å². The molecule has 3 aromatic carbocycles. The topological polar surface area (TPSA) is 104 Å². The van der Waals surface area contributed by atoms with Gasteiger partial charge in [-0.25, -0.2) is 12.7 Å². The SMILES string of the molecule is O=C(NC1CCCCC1)C(Cc1ccccc1)N(Cc1ccc(Br)cc1)C(=O)CCCN1C(=O)c2ccccc2S1(=O)=O. The summed E-state index contributed by atoms with van der Waals surface area (Å²) in [6.07, 6.45) is 5.60. The normalized spacial score (nSPS) is 16.9. The maximum Gasteiger partial charge on any atom is 0.269 e. The van der Waals surface area contributed by atoms with Gasteiger partial charge in [-0.05, 0) is 54.7 Å². The third-order valence-electron chi connectivity index (χ3n) is 8.15. The first-order chi connectivity index (χ1) is 20.7. The zero-order valence-corrected chi connectivity index (χ0v) is 26.4.